The number of hydrogen-bond acceptors (Lipinski definition) is 6. The summed E-state index contributed by atoms with van der Waals surface area (Å²) in [5.41, 5.74) is 0.110. The summed E-state index contributed by atoms with van der Waals surface area (Å²) in [5, 5.41) is 13.1. The van der Waals surface area contributed by atoms with Gasteiger partial charge in [-0.25, -0.2) is 5.01 Å². The van der Waals surface area contributed by atoms with Gasteiger partial charge in [-0.3, -0.25) is 29.3 Å². The van der Waals surface area contributed by atoms with Gasteiger partial charge in [0.2, 0.25) is 0 Å². The van der Waals surface area contributed by atoms with Gasteiger partial charge in [-0.2, -0.15) is 5.01 Å². The molecular weight excluding hydrogens is 462 g/mol. The number of imide groups is 1. The number of rotatable bonds is 6. The standard InChI is InChI=1S/C24H20ClN3O6/c25-17-7-3-14(4-8-17)22(30)26(12-19(29)13-5-9-18(10-6-13)28(33)34)27-23(31)20-15-1-2-16(11-15)21(20)24(27)32/h3-10,15-16,20-21H,1-2,11-12H2/t15-,16-,20-,21-/m0/s1. The number of non-ortho nitro benzene ring substituents is 1. The Hall–Kier alpha value is -3.59. The zero-order valence-corrected chi connectivity index (χ0v) is 18.7. The van der Waals surface area contributed by atoms with E-state index in [4.69, 9.17) is 11.6 Å². The Bertz CT molecular complexity index is 1180. The number of nitro groups is 1. The van der Waals surface area contributed by atoms with Crippen LogP contribution in [0.2, 0.25) is 5.02 Å². The van der Waals surface area contributed by atoms with Gasteiger partial charge >= 0.3 is 0 Å². The van der Waals surface area contributed by atoms with E-state index in [1.54, 1.807) is 0 Å². The number of Topliss-reactive ketones (excluding diaryl/α,β-unsaturated/α-hetero) is 1. The van der Waals surface area contributed by atoms with Crippen molar-refractivity contribution >= 4 is 40.8 Å². The van der Waals surface area contributed by atoms with Crippen molar-refractivity contribution in [1.29, 1.82) is 0 Å². The molecule has 0 unspecified atom stereocenters. The molecule has 3 amide bonds. The van der Waals surface area contributed by atoms with Crippen molar-refractivity contribution in [2.45, 2.75) is 19.3 Å². The summed E-state index contributed by atoms with van der Waals surface area (Å²) >= 11 is 5.93. The largest absolute Gasteiger partial charge is 0.292 e. The molecule has 9 nitrogen and oxygen atoms in total. The van der Waals surface area contributed by atoms with E-state index >= 15 is 0 Å². The maximum Gasteiger partial charge on any atom is 0.273 e. The van der Waals surface area contributed by atoms with Crippen molar-refractivity contribution < 1.29 is 24.1 Å². The molecule has 2 saturated carbocycles. The number of nitrogens with zero attached hydrogens (tertiary/aromatic N) is 3. The van der Waals surface area contributed by atoms with Crippen molar-refractivity contribution in [3.63, 3.8) is 0 Å². The van der Waals surface area contributed by atoms with Gasteiger partial charge < -0.3 is 0 Å². The summed E-state index contributed by atoms with van der Waals surface area (Å²) in [6.07, 6.45) is 2.60. The van der Waals surface area contributed by atoms with Crippen molar-refractivity contribution in [3.05, 3.63) is 74.8 Å². The molecule has 174 valence electrons. The van der Waals surface area contributed by atoms with Gasteiger partial charge in [-0.05, 0) is 67.5 Å². The van der Waals surface area contributed by atoms with Crippen LogP contribution in [0.3, 0.4) is 0 Å². The van der Waals surface area contributed by atoms with Crippen molar-refractivity contribution in [2.75, 3.05) is 6.54 Å². The number of benzene rings is 2. The number of amides is 3. The molecule has 3 aliphatic rings. The molecule has 2 bridgehead atoms. The Balaban J connectivity index is 1.47. The van der Waals surface area contributed by atoms with Crippen LogP contribution in [0.4, 0.5) is 5.69 Å². The van der Waals surface area contributed by atoms with E-state index in [9.17, 15) is 29.3 Å². The Labute approximate surface area is 199 Å². The molecule has 1 saturated heterocycles. The molecule has 0 N–H and O–H groups in total. The molecule has 4 atom stereocenters. The minimum Gasteiger partial charge on any atom is -0.292 e. The molecule has 5 rings (SSSR count). The first-order chi connectivity index (χ1) is 16.3. The molecule has 2 aromatic carbocycles. The van der Waals surface area contributed by atoms with Crippen molar-refractivity contribution in [2.24, 2.45) is 23.7 Å². The monoisotopic (exact) mass is 481 g/mol. The summed E-state index contributed by atoms with van der Waals surface area (Å²) in [7, 11) is 0. The summed E-state index contributed by atoms with van der Waals surface area (Å²) in [4.78, 5) is 63.5. The number of carbonyl (C=O) groups excluding carboxylic acids is 4. The van der Waals surface area contributed by atoms with E-state index in [2.05, 4.69) is 0 Å². The zero-order chi connectivity index (χ0) is 24.1. The lowest BCUT2D eigenvalue weighted by Crippen LogP contribution is -2.52. The lowest BCUT2D eigenvalue weighted by molar-refractivity contribution is -0.384. The van der Waals surface area contributed by atoms with Crippen LogP contribution < -0.4 is 0 Å². The van der Waals surface area contributed by atoms with Crippen LogP contribution in [0.25, 0.3) is 0 Å². The first kappa shape index (κ1) is 22.2. The highest BCUT2D eigenvalue weighted by atomic mass is 35.5. The third kappa shape index (κ3) is 3.56. The predicted molar refractivity (Wildman–Crippen MR) is 120 cm³/mol. The minimum atomic E-state index is -0.680. The third-order valence-electron chi connectivity index (χ3n) is 7.16. The molecule has 0 radical (unpaired) electrons. The molecule has 2 aromatic rings. The molecule has 10 heteroatoms. The van der Waals surface area contributed by atoms with E-state index in [-0.39, 0.29) is 28.7 Å². The second-order valence-electron chi connectivity index (χ2n) is 8.97. The van der Waals surface area contributed by atoms with Crippen LogP contribution in [0.1, 0.15) is 40.0 Å². The van der Waals surface area contributed by atoms with Gasteiger partial charge in [-0.15, -0.1) is 0 Å². The minimum absolute atomic E-state index is 0.120. The second-order valence-corrected chi connectivity index (χ2v) is 9.41. The number of nitro benzene ring substituents is 1. The first-order valence-corrected chi connectivity index (χ1v) is 11.4. The Morgan fingerprint density at radius 2 is 1.47 bits per heavy atom. The fourth-order valence-electron chi connectivity index (χ4n) is 5.60. The highest BCUT2D eigenvalue weighted by Gasteiger charge is 2.62. The average Bonchev–Trinajstić information content (AvgIpc) is 3.51. The van der Waals surface area contributed by atoms with Crippen LogP contribution in [0, 0.1) is 33.8 Å². The third-order valence-corrected chi connectivity index (χ3v) is 7.42. The number of ketones is 1. The Kier molecular flexibility index (Phi) is 5.44. The number of halogens is 1. The van der Waals surface area contributed by atoms with Crippen LogP contribution in [0.15, 0.2) is 48.5 Å². The van der Waals surface area contributed by atoms with E-state index in [1.165, 1.54) is 48.5 Å². The van der Waals surface area contributed by atoms with Crippen molar-refractivity contribution in [1.82, 2.24) is 10.0 Å². The van der Waals surface area contributed by atoms with Gasteiger partial charge in [0, 0.05) is 28.3 Å². The maximum atomic E-state index is 13.4. The summed E-state index contributed by atoms with van der Waals surface area (Å²) in [5.74, 6) is -2.80. The van der Waals surface area contributed by atoms with Gasteiger partial charge in [-0.1, -0.05) is 11.6 Å². The first-order valence-electron chi connectivity index (χ1n) is 11.0. The van der Waals surface area contributed by atoms with Gasteiger partial charge in [0.05, 0.1) is 16.8 Å². The highest BCUT2D eigenvalue weighted by Crippen LogP contribution is 2.56. The Morgan fingerprint density at radius 3 is 2.00 bits per heavy atom. The van der Waals surface area contributed by atoms with Crippen LogP contribution in [-0.4, -0.2) is 45.0 Å². The summed E-state index contributed by atoms with van der Waals surface area (Å²) in [6, 6.07) is 10.9. The summed E-state index contributed by atoms with van der Waals surface area (Å²) < 4.78 is 0. The van der Waals surface area contributed by atoms with Crippen LogP contribution in [0.5, 0.6) is 0 Å². The quantitative estimate of drug-likeness (QED) is 0.269. The molecule has 2 aliphatic carbocycles. The molecular formula is C24H20ClN3O6. The van der Waals surface area contributed by atoms with E-state index in [0.717, 1.165) is 29.3 Å². The molecule has 1 aliphatic heterocycles. The molecule has 34 heavy (non-hydrogen) atoms. The normalized spacial score (nSPS) is 24.9. The zero-order valence-electron chi connectivity index (χ0n) is 17.9. The predicted octanol–water partition coefficient (Wildman–Crippen LogP) is 3.52. The number of carbonyl (C=O) groups is 4. The van der Waals surface area contributed by atoms with Gasteiger partial charge in [0.15, 0.2) is 5.78 Å². The maximum absolute atomic E-state index is 13.4. The van der Waals surface area contributed by atoms with Crippen molar-refractivity contribution in [3.8, 4) is 0 Å². The molecule has 0 aromatic heterocycles. The smallest absolute Gasteiger partial charge is 0.273 e. The Morgan fingerprint density at radius 1 is 0.941 bits per heavy atom. The molecule has 0 spiro atoms. The lowest BCUT2D eigenvalue weighted by atomic mass is 9.81. The van der Waals surface area contributed by atoms with Gasteiger partial charge in [0.25, 0.3) is 23.4 Å². The second kappa shape index (κ2) is 8.32. The summed E-state index contributed by atoms with van der Waals surface area (Å²) in [6.45, 7) is -0.564. The fraction of sp³-hybridized carbons (Fsp3) is 0.333. The molecule has 3 fully saturated rings. The average molecular weight is 482 g/mol. The topological polar surface area (TPSA) is 118 Å². The van der Waals surface area contributed by atoms with Crippen LogP contribution in [-0.2, 0) is 9.59 Å². The number of hydrazine groups is 1. The fourth-order valence-corrected chi connectivity index (χ4v) is 5.73. The SMILES string of the molecule is O=C(CN(C(=O)c1ccc(Cl)cc1)N1C(=O)[C@H]2[C@H]3CC[C@@H](C3)[C@@H]2C1=O)c1ccc([N+](=O)[O-])cc1. The number of hydrogen-bond donors (Lipinski definition) is 0. The van der Waals surface area contributed by atoms with E-state index < -0.39 is 46.8 Å². The van der Waals surface area contributed by atoms with E-state index in [0.29, 0.717) is 5.02 Å². The highest BCUT2D eigenvalue weighted by molar-refractivity contribution is 6.30. The number of fused-ring (bicyclic) bond motifs is 5. The molecule has 1 heterocycles. The van der Waals surface area contributed by atoms with E-state index in [1.807, 2.05) is 0 Å². The lowest BCUT2D eigenvalue weighted by Gasteiger charge is -2.30. The van der Waals surface area contributed by atoms with Crippen LogP contribution >= 0.6 is 11.6 Å². The van der Waals surface area contributed by atoms with Gasteiger partial charge in [0.1, 0.15) is 6.54 Å².